The van der Waals surface area contributed by atoms with Crippen LogP contribution in [0.5, 0.6) is 5.19 Å². The summed E-state index contributed by atoms with van der Waals surface area (Å²) in [6, 6.07) is 9.43. The second kappa shape index (κ2) is 7.27. The molecule has 0 N–H and O–H groups in total. The molecule has 0 saturated heterocycles. The van der Waals surface area contributed by atoms with E-state index in [-0.39, 0.29) is 11.3 Å². The smallest absolute Gasteiger partial charge is 0.293 e. The predicted molar refractivity (Wildman–Crippen MR) is 93.2 cm³/mol. The van der Waals surface area contributed by atoms with Gasteiger partial charge in [0.25, 0.3) is 5.19 Å². The number of rotatable bonds is 5. The number of amides is 1. The molecular formula is C16H20ClN3O2S. The molecule has 7 heteroatoms. The minimum atomic E-state index is -0.641. The van der Waals surface area contributed by atoms with Crippen LogP contribution in [0.2, 0.25) is 0 Å². The normalized spacial score (nSPS) is 12.7. The van der Waals surface area contributed by atoms with Gasteiger partial charge in [0.2, 0.25) is 5.91 Å². The van der Waals surface area contributed by atoms with E-state index in [4.69, 9.17) is 16.3 Å². The van der Waals surface area contributed by atoms with E-state index in [1.807, 2.05) is 51.1 Å². The lowest BCUT2D eigenvalue weighted by Crippen LogP contribution is -2.42. The zero-order valence-electron chi connectivity index (χ0n) is 13.6. The van der Waals surface area contributed by atoms with Gasteiger partial charge in [-0.25, -0.2) is 0 Å². The number of benzene rings is 1. The number of carbonyl (C=O) groups is 1. The van der Waals surface area contributed by atoms with E-state index < -0.39 is 5.38 Å². The van der Waals surface area contributed by atoms with Gasteiger partial charge in [-0.3, -0.25) is 4.79 Å². The number of methoxy groups -OCH3 is 1. The van der Waals surface area contributed by atoms with Crippen molar-refractivity contribution in [3.63, 3.8) is 0 Å². The third-order valence-electron chi connectivity index (χ3n) is 3.23. The van der Waals surface area contributed by atoms with E-state index in [2.05, 4.69) is 10.2 Å². The number of aromatic nitrogens is 2. The Labute approximate surface area is 145 Å². The van der Waals surface area contributed by atoms with Crippen molar-refractivity contribution in [1.82, 2.24) is 10.2 Å². The van der Waals surface area contributed by atoms with Crippen molar-refractivity contribution in [3.05, 3.63) is 35.3 Å². The van der Waals surface area contributed by atoms with Gasteiger partial charge in [0.05, 0.1) is 13.7 Å². The lowest BCUT2D eigenvalue weighted by Gasteiger charge is -2.30. The highest BCUT2D eigenvalue weighted by atomic mass is 35.5. The van der Waals surface area contributed by atoms with Crippen LogP contribution in [0, 0.1) is 5.41 Å². The number of halogens is 1. The maximum atomic E-state index is 12.9. The summed E-state index contributed by atoms with van der Waals surface area (Å²) in [6.45, 7) is 6.14. The summed E-state index contributed by atoms with van der Waals surface area (Å²) in [7, 11) is 1.54. The molecule has 23 heavy (non-hydrogen) atoms. The molecule has 1 unspecified atom stereocenters. The van der Waals surface area contributed by atoms with Crippen LogP contribution in [-0.2, 0) is 11.3 Å². The van der Waals surface area contributed by atoms with Gasteiger partial charge in [-0.15, -0.1) is 21.8 Å². The fourth-order valence-electron chi connectivity index (χ4n) is 1.93. The van der Waals surface area contributed by atoms with Gasteiger partial charge in [-0.2, -0.15) is 0 Å². The Morgan fingerprint density at radius 1 is 1.30 bits per heavy atom. The summed E-state index contributed by atoms with van der Waals surface area (Å²) in [6.07, 6.45) is 0. The second-order valence-corrected chi connectivity index (χ2v) is 7.62. The molecular weight excluding hydrogens is 334 g/mol. The molecule has 1 amide bonds. The van der Waals surface area contributed by atoms with E-state index in [9.17, 15) is 4.79 Å². The van der Waals surface area contributed by atoms with Crippen LogP contribution >= 0.6 is 22.9 Å². The molecule has 1 aromatic heterocycles. The lowest BCUT2D eigenvalue weighted by atomic mass is 9.91. The van der Waals surface area contributed by atoms with Crippen molar-refractivity contribution in [2.24, 2.45) is 5.41 Å². The van der Waals surface area contributed by atoms with Gasteiger partial charge >= 0.3 is 0 Å². The Balaban J connectivity index is 2.30. The molecule has 0 spiro atoms. The van der Waals surface area contributed by atoms with Crippen LogP contribution in [0.3, 0.4) is 0 Å². The Bertz CT molecular complexity index is 655. The van der Waals surface area contributed by atoms with Crippen LogP contribution in [0.4, 0.5) is 5.69 Å². The van der Waals surface area contributed by atoms with Gasteiger partial charge in [-0.05, 0) is 17.5 Å². The summed E-state index contributed by atoms with van der Waals surface area (Å²) in [5, 5.41) is 8.49. The number of alkyl halides is 1. The van der Waals surface area contributed by atoms with E-state index in [0.29, 0.717) is 16.7 Å². The van der Waals surface area contributed by atoms with Gasteiger partial charge in [-0.1, -0.05) is 50.3 Å². The Kier molecular flexibility index (Phi) is 5.59. The molecule has 0 aliphatic carbocycles. The highest BCUT2D eigenvalue weighted by Crippen LogP contribution is 2.30. The maximum Gasteiger partial charge on any atom is 0.293 e. The average Bonchev–Trinajstić information content (AvgIpc) is 2.99. The predicted octanol–water partition coefficient (Wildman–Crippen LogP) is 3.73. The largest absolute Gasteiger partial charge is 0.472 e. The molecule has 1 heterocycles. The SMILES string of the molecule is COc1nnc(CN(C(=O)C(Cl)C(C)(C)C)c2ccccc2)s1. The molecule has 0 saturated carbocycles. The van der Waals surface area contributed by atoms with Crippen molar-refractivity contribution in [1.29, 1.82) is 0 Å². The first-order chi connectivity index (χ1) is 10.8. The summed E-state index contributed by atoms with van der Waals surface area (Å²) < 4.78 is 5.06. The molecule has 1 atom stereocenters. The van der Waals surface area contributed by atoms with Crippen molar-refractivity contribution in [3.8, 4) is 5.19 Å². The first kappa shape index (κ1) is 17.7. The van der Waals surface area contributed by atoms with Crippen molar-refractivity contribution in [2.45, 2.75) is 32.7 Å². The number of hydrogen-bond acceptors (Lipinski definition) is 5. The van der Waals surface area contributed by atoms with Gasteiger partial charge in [0.15, 0.2) is 0 Å². The highest BCUT2D eigenvalue weighted by molar-refractivity contribution is 7.13. The zero-order chi connectivity index (χ0) is 17.0. The number of para-hydroxylation sites is 1. The first-order valence-corrected chi connectivity index (χ1v) is 8.45. The second-order valence-electron chi connectivity index (χ2n) is 6.15. The number of hydrogen-bond donors (Lipinski definition) is 0. The molecule has 0 fully saturated rings. The summed E-state index contributed by atoms with van der Waals surface area (Å²) >= 11 is 7.71. The third-order valence-corrected chi connectivity index (χ3v) is 4.94. The molecule has 2 rings (SSSR count). The van der Waals surface area contributed by atoms with Crippen LogP contribution in [0.15, 0.2) is 30.3 Å². The number of carbonyl (C=O) groups excluding carboxylic acids is 1. The minimum Gasteiger partial charge on any atom is -0.472 e. The molecule has 0 aliphatic rings. The van der Waals surface area contributed by atoms with E-state index in [1.54, 1.807) is 12.0 Å². The molecule has 0 radical (unpaired) electrons. The zero-order valence-corrected chi connectivity index (χ0v) is 15.2. The number of ether oxygens (including phenoxy) is 1. The Morgan fingerprint density at radius 2 is 1.96 bits per heavy atom. The first-order valence-electron chi connectivity index (χ1n) is 7.20. The average molecular weight is 354 g/mol. The van der Waals surface area contributed by atoms with Crippen molar-refractivity contribution in [2.75, 3.05) is 12.0 Å². The minimum absolute atomic E-state index is 0.153. The lowest BCUT2D eigenvalue weighted by molar-refractivity contribution is -0.120. The van der Waals surface area contributed by atoms with Crippen LogP contribution in [-0.4, -0.2) is 28.6 Å². The molecule has 0 bridgehead atoms. The number of nitrogens with zero attached hydrogens (tertiary/aromatic N) is 3. The monoisotopic (exact) mass is 353 g/mol. The maximum absolute atomic E-state index is 12.9. The van der Waals surface area contributed by atoms with E-state index >= 15 is 0 Å². The number of anilines is 1. The van der Waals surface area contributed by atoms with Gasteiger partial charge in [0, 0.05) is 5.69 Å². The molecule has 5 nitrogen and oxygen atoms in total. The Morgan fingerprint density at radius 3 is 2.48 bits per heavy atom. The van der Waals surface area contributed by atoms with Gasteiger partial charge < -0.3 is 9.64 Å². The summed E-state index contributed by atoms with van der Waals surface area (Å²) in [5.41, 5.74) is 0.436. The standard InChI is InChI=1S/C16H20ClN3O2S/c1-16(2,3)13(17)14(21)20(11-8-6-5-7-9-11)10-12-18-19-15(22-4)23-12/h5-9,13H,10H2,1-4H3. The van der Waals surface area contributed by atoms with Gasteiger partial charge in [0.1, 0.15) is 10.4 Å². The topological polar surface area (TPSA) is 55.3 Å². The summed E-state index contributed by atoms with van der Waals surface area (Å²) in [5.74, 6) is -0.153. The summed E-state index contributed by atoms with van der Waals surface area (Å²) in [4.78, 5) is 14.5. The van der Waals surface area contributed by atoms with Crippen molar-refractivity contribution >= 4 is 34.5 Å². The van der Waals surface area contributed by atoms with Crippen molar-refractivity contribution < 1.29 is 9.53 Å². The molecule has 2 aromatic rings. The van der Waals surface area contributed by atoms with E-state index in [1.165, 1.54) is 11.3 Å². The van der Waals surface area contributed by atoms with Crippen LogP contribution < -0.4 is 9.64 Å². The molecule has 124 valence electrons. The highest BCUT2D eigenvalue weighted by Gasteiger charge is 2.33. The van der Waals surface area contributed by atoms with Crippen LogP contribution in [0.1, 0.15) is 25.8 Å². The fraction of sp³-hybridized carbons (Fsp3) is 0.438. The van der Waals surface area contributed by atoms with E-state index in [0.717, 1.165) is 5.69 Å². The third kappa shape index (κ3) is 4.42. The molecule has 1 aromatic carbocycles. The Hall–Kier alpha value is -1.66. The quantitative estimate of drug-likeness (QED) is 0.768. The fourth-order valence-corrected chi connectivity index (χ4v) is 2.69. The van der Waals surface area contributed by atoms with Crippen LogP contribution in [0.25, 0.3) is 0 Å². The molecule has 0 aliphatic heterocycles.